The Bertz CT molecular complexity index is 257. The number of carbonyl (C=O) groups is 1. The van der Waals surface area contributed by atoms with E-state index in [4.69, 9.17) is 5.73 Å². The summed E-state index contributed by atoms with van der Waals surface area (Å²) < 4.78 is 11.2. The zero-order valence-electron chi connectivity index (χ0n) is 11.4. The molecule has 5 heteroatoms. The fourth-order valence-electron chi connectivity index (χ4n) is 1.69. The molecule has 0 bridgehead atoms. The van der Waals surface area contributed by atoms with Gasteiger partial charge in [0, 0.05) is 35.4 Å². The summed E-state index contributed by atoms with van der Waals surface area (Å²) in [6, 6.07) is 0. The predicted octanol–water partition coefficient (Wildman–Crippen LogP) is 1.02. The highest BCUT2D eigenvalue weighted by atomic mass is 32.2. The van der Waals surface area contributed by atoms with Gasteiger partial charge in [0.2, 0.25) is 5.91 Å². The second kappa shape index (κ2) is 7.82. The van der Waals surface area contributed by atoms with Gasteiger partial charge in [-0.1, -0.05) is 20.8 Å². The third kappa shape index (κ3) is 4.76. The van der Waals surface area contributed by atoms with Crippen molar-refractivity contribution < 1.29 is 9.00 Å². The molecule has 0 spiro atoms. The van der Waals surface area contributed by atoms with Crippen molar-refractivity contribution >= 4 is 16.7 Å². The molecule has 0 saturated carbocycles. The average Bonchev–Trinajstić information content (AvgIpc) is 2.31. The van der Waals surface area contributed by atoms with Gasteiger partial charge in [-0.2, -0.15) is 0 Å². The van der Waals surface area contributed by atoms with Gasteiger partial charge in [-0.05, 0) is 19.3 Å². The normalized spacial score (nSPS) is 15.4. The van der Waals surface area contributed by atoms with Gasteiger partial charge in [0.15, 0.2) is 0 Å². The summed E-state index contributed by atoms with van der Waals surface area (Å²) >= 11 is 0. The molecule has 0 aliphatic rings. The molecule has 0 aliphatic carbocycles. The Kier molecular flexibility index (Phi) is 7.63. The molecule has 1 amide bonds. The second-order valence-electron chi connectivity index (χ2n) is 4.55. The Morgan fingerprint density at radius 1 is 1.41 bits per heavy atom. The van der Waals surface area contributed by atoms with Crippen molar-refractivity contribution in [2.75, 3.05) is 19.3 Å². The van der Waals surface area contributed by atoms with E-state index in [1.807, 2.05) is 20.8 Å². The van der Waals surface area contributed by atoms with Crippen LogP contribution in [0.3, 0.4) is 0 Å². The Hall–Kier alpha value is -0.420. The van der Waals surface area contributed by atoms with Crippen molar-refractivity contribution in [3.63, 3.8) is 0 Å². The summed E-state index contributed by atoms with van der Waals surface area (Å²) in [4.78, 5) is 12.0. The lowest BCUT2D eigenvalue weighted by molar-refractivity contribution is -0.131. The van der Waals surface area contributed by atoms with Crippen LogP contribution in [-0.4, -0.2) is 34.7 Å². The summed E-state index contributed by atoms with van der Waals surface area (Å²) in [5.41, 5.74) is 5.26. The van der Waals surface area contributed by atoms with Crippen LogP contribution < -0.4 is 11.1 Å². The van der Waals surface area contributed by atoms with E-state index in [0.29, 0.717) is 13.1 Å². The van der Waals surface area contributed by atoms with Gasteiger partial charge in [0.25, 0.3) is 0 Å². The number of hydrogen-bond acceptors (Lipinski definition) is 3. The molecular formula is C12H26N2O2S. The summed E-state index contributed by atoms with van der Waals surface area (Å²) in [6.45, 7) is 6.85. The lowest BCUT2D eigenvalue weighted by Gasteiger charge is -2.28. The summed E-state index contributed by atoms with van der Waals surface area (Å²) in [5, 5.41) is 3.03. The van der Waals surface area contributed by atoms with Crippen LogP contribution in [0.15, 0.2) is 0 Å². The molecule has 2 atom stereocenters. The molecule has 4 nitrogen and oxygen atoms in total. The van der Waals surface area contributed by atoms with E-state index in [-0.39, 0.29) is 11.2 Å². The summed E-state index contributed by atoms with van der Waals surface area (Å²) in [5.74, 6) is 0.0269. The van der Waals surface area contributed by atoms with Gasteiger partial charge in [0.05, 0.1) is 5.41 Å². The van der Waals surface area contributed by atoms with Gasteiger partial charge in [-0.3, -0.25) is 9.00 Å². The topological polar surface area (TPSA) is 72.2 Å². The van der Waals surface area contributed by atoms with Gasteiger partial charge in [-0.25, -0.2) is 0 Å². The molecule has 0 radical (unpaired) electrons. The van der Waals surface area contributed by atoms with Gasteiger partial charge < -0.3 is 11.1 Å². The first-order valence-electron chi connectivity index (χ1n) is 6.24. The highest BCUT2D eigenvalue weighted by molar-refractivity contribution is 7.84. The number of hydrogen-bond donors (Lipinski definition) is 2. The van der Waals surface area contributed by atoms with Crippen molar-refractivity contribution in [2.45, 2.75) is 45.3 Å². The molecular weight excluding hydrogens is 236 g/mol. The number of carbonyl (C=O) groups excluding carboxylic acids is 1. The highest BCUT2D eigenvalue weighted by Gasteiger charge is 2.32. The fourth-order valence-corrected chi connectivity index (χ4v) is 2.14. The van der Waals surface area contributed by atoms with Crippen LogP contribution in [0, 0.1) is 5.41 Å². The van der Waals surface area contributed by atoms with Gasteiger partial charge in [0.1, 0.15) is 0 Å². The van der Waals surface area contributed by atoms with E-state index in [0.717, 1.165) is 19.3 Å². The Labute approximate surface area is 107 Å². The SMILES string of the molecule is CCC(CC)(CN)C(=O)NCCC(C)S(C)=O. The number of nitrogens with two attached hydrogens (primary N) is 1. The largest absolute Gasteiger partial charge is 0.356 e. The first kappa shape index (κ1) is 16.6. The Morgan fingerprint density at radius 2 is 1.94 bits per heavy atom. The molecule has 0 fully saturated rings. The van der Waals surface area contributed by atoms with E-state index < -0.39 is 16.2 Å². The standard InChI is InChI=1S/C12H26N2O2S/c1-5-12(6-2,9-13)11(15)14-8-7-10(3)17(4)16/h10H,5-9,13H2,1-4H3,(H,14,15). The lowest BCUT2D eigenvalue weighted by atomic mass is 9.81. The van der Waals surface area contributed by atoms with Gasteiger partial charge >= 0.3 is 0 Å². The third-order valence-electron chi connectivity index (χ3n) is 3.63. The van der Waals surface area contributed by atoms with Crippen molar-refractivity contribution in [1.82, 2.24) is 5.32 Å². The summed E-state index contributed by atoms with van der Waals surface area (Å²) in [6.07, 6.45) is 3.93. The first-order chi connectivity index (χ1) is 7.93. The second-order valence-corrected chi connectivity index (χ2v) is 6.35. The van der Waals surface area contributed by atoms with Crippen LogP contribution >= 0.6 is 0 Å². The van der Waals surface area contributed by atoms with Crippen LogP contribution in [0.2, 0.25) is 0 Å². The van der Waals surface area contributed by atoms with Gasteiger partial charge in [-0.15, -0.1) is 0 Å². The van der Waals surface area contributed by atoms with Crippen LogP contribution in [0.25, 0.3) is 0 Å². The van der Waals surface area contributed by atoms with E-state index >= 15 is 0 Å². The zero-order valence-corrected chi connectivity index (χ0v) is 12.2. The molecule has 102 valence electrons. The van der Waals surface area contributed by atoms with Crippen LogP contribution in [0.1, 0.15) is 40.0 Å². The molecule has 3 N–H and O–H groups in total. The predicted molar refractivity (Wildman–Crippen MR) is 73.2 cm³/mol. The quantitative estimate of drug-likeness (QED) is 0.686. The van der Waals surface area contributed by atoms with E-state index in [1.54, 1.807) is 6.26 Å². The summed E-state index contributed by atoms with van der Waals surface area (Å²) in [7, 11) is -0.828. The van der Waals surface area contributed by atoms with Crippen molar-refractivity contribution in [3.05, 3.63) is 0 Å². The minimum absolute atomic E-state index is 0.0269. The Balaban J connectivity index is 4.21. The average molecular weight is 262 g/mol. The van der Waals surface area contributed by atoms with E-state index in [2.05, 4.69) is 5.32 Å². The van der Waals surface area contributed by atoms with Crippen molar-refractivity contribution in [3.8, 4) is 0 Å². The molecule has 0 aromatic rings. The third-order valence-corrected chi connectivity index (χ3v) is 5.00. The molecule has 0 aromatic heterocycles. The Morgan fingerprint density at radius 3 is 2.29 bits per heavy atom. The van der Waals surface area contributed by atoms with Crippen LogP contribution in [0.5, 0.6) is 0 Å². The number of nitrogens with one attached hydrogen (secondary N) is 1. The molecule has 0 heterocycles. The molecule has 0 saturated heterocycles. The maximum atomic E-state index is 12.0. The van der Waals surface area contributed by atoms with Crippen LogP contribution in [-0.2, 0) is 15.6 Å². The molecule has 17 heavy (non-hydrogen) atoms. The minimum atomic E-state index is -0.828. The lowest BCUT2D eigenvalue weighted by Crippen LogP contribution is -2.45. The maximum absolute atomic E-state index is 12.0. The fraction of sp³-hybridized carbons (Fsp3) is 0.917. The van der Waals surface area contributed by atoms with Crippen molar-refractivity contribution in [1.29, 1.82) is 0 Å². The smallest absolute Gasteiger partial charge is 0.227 e. The van der Waals surface area contributed by atoms with E-state index in [9.17, 15) is 9.00 Å². The molecule has 0 aliphatic heterocycles. The molecule has 2 unspecified atom stereocenters. The number of rotatable bonds is 8. The first-order valence-corrected chi connectivity index (χ1v) is 7.86. The highest BCUT2D eigenvalue weighted by Crippen LogP contribution is 2.24. The minimum Gasteiger partial charge on any atom is -0.356 e. The van der Waals surface area contributed by atoms with Crippen molar-refractivity contribution in [2.24, 2.45) is 11.1 Å². The number of amides is 1. The molecule has 0 rings (SSSR count). The van der Waals surface area contributed by atoms with Crippen LogP contribution in [0.4, 0.5) is 0 Å². The molecule has 0 aromatic carbocycles. The monoisotopic (exact) mass is 262 g/mol. The maximum Gasteiger partial charge on any atom is 0.227 e. The van der Waals surface area contributed by atoms with E-state index in [1.165, 1.54) is 0 Å². The zero-order chi connectivity index (χ0) is 13.5.